The molecule has 3 heteroatoms. The van der Waals surface area contributed by atoms with E-state index in [1.807, 2.05) is 24.3 Å². The second-order valence-electron chi connectivity index (χ2n) is 5.51. The molecular weight excluding hydrogens is 262 g/mol. The lowest BCUT2D eigenvalue weighted by molar-refractivity contribution is 0.378. The van der Waals surface area contributed by atoms with Crippen LogP contribution in [0.25, 0.3) is 0 Å². The lowest BCUT2D eigenvalue weighted by Crippen LogP contribution is -2.15. The molecule has 1 saturated carbocycles. The van der Waals surface area contributed by atoms with Crippen molar-refractivity contribution in [3.05, 3.63) is 53.6 Å². The van der Waals surface area contributed by atoms with Gasteiger partial charge in [-0.1, -0.05) is 24.3 Å². The van der Waals surface area contributed by atoms with Crippen LogP contribution in [0.2, 0.25) is 0 Å². The van der Waals surface area contributed by atoms with Gasteiger partial charge >= 0.3 is 0 Å². The molecule has 0 atom stereocenters. The van der Waals surface area contributed by atoms with E-state index in [9.17, 15) is 0 Å². The van der Waals surface area contributed by atoms with Crippen molar-refractivity contribution in [2.75, 3.05) is 7.11 Å². The van der Waals surface area contributed by atoms with Gasteiger partial charge in [0.15, 0.2) is 11.5 Å². The van der Waals surface area contributed by atoms with Gasteiger partial charge in [0.25, 0.3) is 0 Å². The Labute approximate surface area is 125 Å². The van der Waals surface area contributed by atoms with E-state index in [2.05, 4.69) is 30.4 Å². The monoisotopic (exact) mass is 283 g/mol. The molecule has 0 heterocycles. The molecule has 1 aliphatic carbocycles. The highest BCUT2D eigenvalue weighted by Crippen LogP contribution is 2.33. The van der Waals surface area contributed by atoms with E-state index in [0.29, 0.717) is 6.04 Å². The quantitative estimate of drug-likeness (QED) is 0.867. The Balaban J connectivity index is 1.78. The number of hydrogen-bond acceptors (Lipinski definition) is 3. The fourth-order valence-electron chi connectivity index (χ4n) is 2.24. The van der Waals surface area contributed by atoms with E-state index in [0.717, 1.165) is 29.4 Å². The van der Waals surface area contributed by atoms with Crippen molar-refractivity contribution in [3.63, 3.8) is 0 Å². The molecule has 1 N–H and O–H groups in total. The first-order valence-electron chi connectivity index (χ1n) is 7.40. The molecule has 1 aliphatic rings. The minimum Gasteiger partial charge on any atom is -0.493 e. The van der Waals surface area contributed by atoms with E-state index in [-0.39, 0.29) is 0 Å². The summed E-state index contributed by atoms with van der Waals surface area (Å²) in [5.41, 5.74) is 2.37. The van der Waals surface area contributed by atoms with Gasteiger partial charge in [-0.3, -0.25) is 0 Å². The predicted molar refractivity (Wildman–Crippen MR) is 84.1 cm³/mol. The molecule has 3 rings (SSSR count). The third-order valence-corrected chi connectivity index (χ3v) is 3.71. The summed E-state index contributed by atoms with van der Waals surface area (Å²) in [6, 6.07) is 14.8. The highest BCUT2D eigenvalue weighted by molar-refractivity contribution is 5.45. The second-order valence-corrected chi connectivity index (χ2v) is 5.51. The van der Waals surface area contributed by atoms with E-state index in [4.69, 9.17) is 9.47 Å². The smallest absolute Gasteiger partial charge is 0.169 e. The minimum atomic E-state index is 0.713. The third-order valence-electron chi connectivity index (χ3n) is 3.71. The molecule has 0 bridgehead atoms. The zero-order valence-corrected chi connectivity index (χ0v) is 12.6. The molecule has 0 amide bonds. The van der Waals surface area contributed by atoms with Crippen LogP contribution < -0.4 is 14.8 Å². The molecular formula is C18H21NO2. The van der Waals surface area contributed by atoms with Crippen molar-refractivity contribution in [2.45, 2.75) is 32.4 Å². The van der Waals surface area contributed by atoms with Crippen molar-refractivity contribution in [1.29, 1.82) is 0 Å². The third kappa shape index (κ3) is 3.56. The maximum absolute atomic E-state index is 6.04. The molecule has 21 heavy (non-hydrogen) atoms. The first kappa shape index (κ1) is 14.0. The van der Waals surface area contributed by atoms with Crippen LogP contribution >= 0.6 is 0 Å². The number of hydrogen-bond donors (Lipinski definition) is 1. The molecule has 0 radical (unpaired) electrons. The van der Waals surface area contributed by atoms with Crippen molar-refractivity contribution in [3.8, 4) is 17.2 Å². The highest BCUT2D eigenvalue weighted by atomic mass is 16.5. The molecule has 0 aromatic heterocycles. The number of aryl methyl sites for hydroxylation is 1. The number of ether oxygens (including phenoxy) is 2. The molecule has 2 aromatic rings. The zero-order chi connectivity index (χ0) is 14.7. The molecule has 110 valence electrons. The summed E-state index contributed by atoms with van der Waals surface area (Å²) in [5, 5.41) is 3.53. The normalized spacial score (nSPS) is 14.0. The van der Waals surface area contributed by atoms with Crippen LogP contribution in [0.15, 0.2) is 42.5 Å². The number of para-hydroxylation sites is 2. The maximum atomic E-state index is 6.04. The molecule has 1 fully saturated rings. The Bertz CT molecular complexity index is 620. The standard InChI is InChI=1S/C18H21NO2/c1-13-7-8-14(12-19-15-9-10-15)11-18(13)21-17-6-4-3-5-16(17)20-2/h3-8,11,15,19H,9-10,12H2,1-2H3. The van der Waals surface area contributed by atoms with Crippen molar-refractivity contribution in [1.82, 2.24) is 5.32 Å². The molecule has 2 aromatic carbocycles. The van der Waals surface area contributed by atoms with Crippen LogP contribution in [0.1, 0.15) is 24.0 Å². The Morgan fingerprint density at radius 3 is 2.52 bits per heavy atom. The van der Waals surface area contributed by atoms with Gasteiger partial charge in [0.2, 0.25) is 0 Å². The van der Waals surface area contributed by atoms with Gasteiger partial charge in [-0.25, -0.2) is 0 Å². The summed E-state index contributed by atoms with van der Waals surface area (Å²) < 4.78 is 11.4. The predicted octanol–water partition coefficient (Wildman–Crippen LogP) is 4.05. The van der Waals surface area contributed by atoms with Crippen LogP contribution in [0.3, 0.4) is 0 Å². The van der Waals surface area contributed by atoms with Gasteiger partial charge in [-0.15, -0.1) is 0 Å². The topological polar surface area (TPSA) is 30.5 Å². The van der Waals surface area contributed by atoms with Gasteiger partial charge in [0, 0.05) is 12.6 Å². The van der Waals surface area contributed by atoms with Crippen LogP contribution in [0, 0.1) is 6.92 Å². The Kier molecular flexibility index (Phi) is 4.11. The van der Waals surface area contributed by atoms with Crippen molar-refractivity contribution in [2.24, 2.45) is 0 Å². The summed E-state index contributed by atoms with van der Waals surface area (Å²) in [7, 11) is 1.66. The van der Waals surface area contributed by atoms with Gasteiger partial charge in [-0.05, 0) is 49.1 Å². The Morgan fingerprint density at radius 1 is 1.05 bits per heavy atom. The van der Waals surface area contributed by atoms with Gasteiger partial charge < -0.3 is 14.8 Å². The minimum absolute atomic E-state index is 0.713. The maximum Gasteiger partial charge on any atom is 0.169 e. The summed E-state index contributed by atoms with van der Waals surface area (Å²) in [4.78, 5) is 0. The van der Waals surface area contributed by atoms with E-state index >= 15 is 0 Å². The van der Waals surface area contributed by atoms with Gasteiger partial charge in [-0.2, -0.15) is 0 Å². The van der Waals surface area contributed by atoms with E-state index < -0.39 is 0 Å². The van der Waals surface area contributed by atoms with Crippen LogP contribution in [-0.2, 0) is 6.54 Å². The summed E-state index contributed by atoms with van der Waals surface area (Å²) in [5.74, 6) is 2.38. The second kappa shape index (κ2) is 6.19. The Morgan fingerprint density at radius 2 is 1.81 bits per heavy atom. The lowest BCUT2D eigenvalue weighted by Gasteiger charge is -2.13. The summed E-state index contributed by atoms with van der Waals surface area (Å²) in [6.07, 6.45) is 2.60. The van der Waals surface area contributed by atoms with Crippen molar-refractivity contribution < 1.29 is 9.47 Å². The number of rotatable bonds is 6. The molecule has 0 unspecified atom stereocenters. The molecule has 0 saturated heterocycles. The Hall–Kier alpha value is -2.00. The average Bonchev–Trinajstić information content (AvgIpc) is 3.33. The molecule has 3 nitrogen and oxygen atoms in total. The highest BCUT2D eigenvalue weighted by Gasteiger charge is 2.20. The SMILES string of the molecule is COc1ccccc1Oc1cc(CNC2CC2)ccc1C. The lowest BCUT2D eigenvalue weighted by atomic mass is 10.1. The number of benzene rings is 2. The first-order chi connectivity index (χ1) is 10.3. The average molecular weight is 283 g/mol. The zero-order valence-electron chi connectivity index (χ0n) is 12.6. The fraction of sp³-hybridized carbons (Fsp3) is 0.333. The summed E-state index contributed by atoms with van der Waals surface area (Å²) >= 11 is 0. The van der Waals surface area contributed by atoms with E-state index in [1.165, 1.54) is 18.4 Å². The molecule has 0 spiro atoms. The van der Waals surface area contributed by atoms with Gasteiger partial charge in [0.05, 0.1) is 7.11 Å². The van der Waals surface area contributed by atoms with Crippen LogP contribution in [0.4, 0.5) is 0 Å². The summed E-state index contributed by atoms with van der Waals surface area (Å²) in [6.45, 7) is 2.95. The van der Waals surface area contributed by atoms with E-state index in [1.54, 1.807) is 7.11 Å². The number of methoxy groups -OCH3 is 1. The van der Waals surface area contributed by atoms with Gasteiger partial charge in [0.1, 0.15) is 5.75 Å². The van der Waals surface area contributed by atoms with Crippen molar-refractivity contribution >= 4 is 0 Å². The largest absolute Gasteiger partial charge is 0.493 e. The van der Waals surface area contributed by atoms with Crippen LogP contribution in [-0.4, -0.2) is 13.2 Å². The first-order valence-corrected chi connectivity index (χ1v) is 7.40. The number of nitrogens with one attached hydrogen (secondary N) is 1. The van der Waals surface area contributed by atoms with Crippen LogP contribution in [0.5, 0.6) is 17.2 Å². The fourth-order valence-corrected chi connectivity index (χ4v) is 2.24. The molecule has 0 aliphatic heterocycles.